The number of aromatic nitrogens is 2. The van der Waals surface area contributed by atoms with Gasteiger partial charge in [-0.25, -0.2) is 4.98 Å². The second-order valence-corrected chi connectivity index (χ2v) is 5.90. The van der Waals surface area contributed by atoms with E-state index < -0.39 is 0 Å². The number of hydrogen-bond donors (Lipinski definition) is 2. The van der Waals surface area contributed by atoms with Crippen LogP contribution in [0, 0.1) is 0 Å². The molecule has 0 aliphatic rings. The average Bonchev–Trinajstić information content (AvgIpc) is 2.45. The van der Waals surface area contributed by atoms with Gasteiger partial charge in [0.1, 0.15) is 5.75 Å². The fraction of sp³-hybridized carbons (Fsp3) is 0.333. The lowest BCUT2D eigenvalue weighted by Gasteiger charge is -2.13. The molecule has 0 aliphatic carbocycles. The minimum Gasteiger partial charge on any atom is -0.491 e. The summed E-state index contributed by atoms with van der Waals surface area (Å²) in [5.74, 6) is 1.47. The lowest BCUT2D eigenvalue weighted by atomic mass is 10.1. The van der Waals surface area contributed by atoms with Crippen molar-refractivity contribution in [2.24, 2.45) is 5.73 Å². The van der Waals surface area contributed by atoms with E-state index in [1.54, 1.807) is 0 Å². The Hall–Kier alpha value is -1.79. The van der Waals surface area contributed by atoms with Gasteiger partial charge in [-0.2, -0.15) is 0 Å². The van der Waals surface area contributed by atoms with E-state index in [0.29, 0.717) is 10.9 Å². The van der Waals surface area contributed by atoms with Crippen molar-refractivity contribution in [3.8, 4) is 5.75 Å². The maximum absolute atomic E-state index is 11.2. The van der Waals surface area contributed by atoms with E-state index in [1.165, 1.54) is 24.0 Å². The van der Waals surface area contributed by atoms with Crippen molar-refractivity contribution in [3.05, 3.63) is 52.4 Å². The van der Waals surface area contributed by atoms with Gasteiger partial charge in [0.25, 0.3) is 5.56 Å². The number of nitrogens with two attached hydrogens (primary N) is 1. The summed E-state index contributed by atoms with van der Waals surface area (Å²) >= 11 is 1.43. The SMILES string of the molecule is CC(C)Oc1ccc(C(N)CSc2nccc(=O)[nH]2)cc1. The van der Waals surface area contributed by atoms with Crippen molar-refractivity contribution in [2.45, 2.75) is 31.1 Å². The first-order valence-electron chi connectivity index (χ1n) is 6.75. The summed E-state index contributed by atoms with van der Waals surface area (Å²) in [5, 5.41) is 0.581. The quantitative estimate of drug-likeness (QED) is 0.632. The van der Waals surface area contributed by atoms with Gasteiger partial charge in [0, 0.05) is 24.1 Å². The summed E-state index contributed by atoms with van der Waals surface area (Å²) in [4.78, 5) is 17.9. The monoisotopic (exact) mass is 305 g/mol. The first kappa shape index (κ1) is 15.6. The molecule has 0 spiro atoms. The highest BCUT2D eigenvalue weighted by molar-refractivity contribution is 7.99. The van der Waals surface area contributed by atoms with Crippen molar-refractivity contribution in [1.29, 1.82) is 0 Å². The van der Waals surface area contributed by atoms with Crippen LogP contribution in [0.4, 0.5) is 0 Å². The fourth-order valence-corrected chi connectivity index (χ4v) is 2.59. The van der Waals surface area contributed by atoms with Crippen molar-refractivity contribution in [3.63, 3.8) is 0 Å². The highest BCUT2D eigenvalue weighted by Gasteiger charge is 2.08. The summed E-state index contributed by atoms with van der Waals surface area (Å²) in [6.45, 7) is 3.98. The number of aromatic amines is 1. The van der Waals surface area contributed by atoms with Crippen molar-refractivity contribution in [2.75, 3.05) is 5.75 Å². The van der Waals surface area contributed by atoms with E-state index in [1.807, 2.05) is 38.1 Å². The third-order valence-electron chi connectivity index (χ3n) is 2.73. The predicted molar refractivity (Wildman–Crippen MR) is 84.7 cm³/mol. The van der Waals surface area contributed by atoms with Gasteiger partial charge in [-0.1, -0.05) is 23.9 Å². The molecule has 6 heteroatoms. The minimum absolute atomic E-state index is 0.131. The highest BCUT2D eigenvalue weighted by Crippen LogP contribution is 2.22. The topological polar surface area (TPSA) is 81.0 Å². The zero-order valence-electron chi connectivity index (χ0n) is 12.1. The summed E-state index contributed by atoms with van der Waals surface area (Å²) in [6.07, 6.45) is 1.64. The number of hydrogen-bond acceptors (Lipinski definition) is 5. The smallest absolute Gasteiger partial charge is 0.251 e. The van der Waals surface area contributed by atoms with Gasteiger partial charge in [-0.3, -0.25) is 4.79 Å². The van der Waals surface area contributed by atoms with Crippen LogP contribution in [-0.4, -0.2) is 21.8 Å². The summed E-state index contributed by atoms with van der Waals surface area (Å²) in [7, 11) is 0. The maximum Gasteiger partial charge on any atom is 0.251 e. The van der Waals surface area contributed by atoms with Crippen LogP contribution in [0.25, 0.3) is 0 Å². The van der Waals surface area contributed by atoms with Crippen LogP contribution >= 0.6 is 11.8 Å². The van der Waals surface area contributed by atoms with Crippen molar-refractivity contribution < 1.29 is 4.74 Å². The Labute approximate surface area is 127 Å². The standard InChI is InChI=1S/C15H19N3O2S/c1-10(2)20-12-5-3-11(4-6-12)13(16)9-21-15-17-8-7-14(19)18-15/h3-8,10,13H,9,16H2,1-2H3,(H,17,18,19). The molecule has 112 valence electrons. The molecular weight excluding hydrogens is 286 g/mol. The van der Waals surface area contributed by atoms with Crippen LogP contribution in [-0.2, 0) is 0 Å². The van der Waals surface area contributed by atoms with Gasteiger partial charge in [0.05, 0.1) is 6.10 Å². The summed E-state index contributed by atoms with van der Waals surface area (Å²) in [5.41, 5.74) is 7.02. The number of nitrogens with zero attached hydrogens (tertiary/aromatic N) is 1. The minimum atomic E-state index is -0.156. The van der Waals surface area contributed by atoms with Gasteiger partial charge in [0.2, 0.25) is 0 Å². The zero-order valence-corrected chi connectivity index (χ0v) is 12.9. The normalized spacial score (nSPS) is 12.4. The lowest BCUT2D eigenvalue weighted by Crippen LogP contribution is -2.14. The molecule has 2 aromatic rings. The zero-order chi connectivity index (χ0) is 15.2. The number of ether oxygens (including phenoxy) is 1. The first-order chi connectivity index (χ1) is 10.0. The molecule has 2 rings (SSSR count). The first-order valence-corrected chi connectivity index (χ1v) is 7.73. The molecule has 1 aromatic carbocycles. The second-order valence-electron chi connectivity index (χ2n) is 4.89. The summed E-state index contributed by atoms with van der Waals surface area (Å²) in [6, 6.07) is 9.02. The third kappa shape index (κ3) is 4.91. The molecule has 1 aromatic heterocycles. The highest BCUT2D eigenvalue weighted by atomic mass is 32.2. The molecule has 3 N–H and O–H groups in total. The molecule has 1 unspecified atom stereocenters. The molecule has 0 fully saturated rings. The molecule has 1 heterocycles. The fourth-order valence-electron chi connectivity index (χ4n) is 1.76. The van der Waals surface area contributed by atoms with Crippen LogP contribution in [0.2, 0.25) is 0 Å². The van der Waals surface area contributed by atoms with Gasteiger partial charge >= 0.3 is 0 Å². The van der Waals surface area contributed by atoms with Gasteiger partial charge in [-0.15, -0.1) is 0 Å². The molecule has 0 saturated carbocycles. The van der Waals surface area contributed by atoms with Crippen LogP contribution in [0.3, 0.4) is 0 Å². The molecule has 5 nitrogen and oxygen atoms in total. The van der Waals surface area contributed by atoms with Crippen molar-refractivity contribution >= 4 is 11.8 Å². The van der Waals surface area contributed by atoms with Crippen LogP contribution in [0.5, 0.6) is 5.75 Å². The molecule has 0 bridgehead atoms. The van der Waals surface area contributed by atoms with Crippen molar-refractivity contribution in [1.82, 2.24) is 9.97 Å². The van der Waals surface area contributed by atoms with E-state index in [0.717, 1.165) is 11.3 Å². The van der Waals surface area contributed by atoms with Crippen LogP contribution < -0.4 is 16.0 Å². The molecule has 0 amide bonds. The maximum atomic E-state index is 11.2. The Balaban J connectivity index is 1.93. The Bertz CT molecular complexity index is 625. The molecule has 1 atom stereocenters. The largest absolute Gasteiger partial charge is 0.491 e. The molecular formula is C15H19N3O2S. The molecule has 0 aliphatic heterocycles. The number of benzene rings is 1. The Morgan fingerprint density at radius 1 is 1.29 bits per heavy atom. The van der Waals surface area contributed by atoms with Gasteiger partial charge in [0.15, 0.2) is 5.16 Å². The number of H-pyrrole nitrogens is 1. The Kier molecular flexibility index (Phi) is 5.41. The van der Waals surface area contributed by atoms with Crippen LogP contribution in [0.1, 0.15) is 25.5 Å². The van der Waals surface area contributed by atoms with E-state index in [9.17, 15) is 4.79 Å². The molecule has 0 radical (unpaired) electrons. The number of rotatable bonds is 6. The van der Waals surface area contributed by atoms with Gasteiger partial charge < -0.3 is 15.5 Å². The Morgan fingerprint density at radius 2 is 2.00 bits per heavy atom. The number of thioether (sulfide) groups is 1. The Morgan fingerprint density at radius 3 is 2.62 bits per heavy atom. The van der Waals surface area contributed by atoms with Crippen LogP contribution in [0.15, 0.2) is 46.5 Å². The van der Waals surface area contributed by atoms with E-state index in [-0.39, 0.29) is 17.7 Å². The van der Waals surface area contributed by atoms with E-state index >= 15 is 0 Å². The average molecular weight is 305 g/mol. The number of nitrogens with one attached hydrogen (secondary N) is 1. The third-order valence-corrected chi connectivity index (χ3v) is 3.73. The molecule has 0 saturated heterocycles. The second kappa shape index (κ2) is 7.28. The molecule has 21 heavy (non-hydrogen) atoms. The van der Waals surface area contributed by atoms with Gasteiger partial charge in [-0.05, 0) is 31.5 Å². The predicted octanol–water partition coefficient (Wildman–Crippen LogP) is 2.35. The lowest BCUT2D eigenvalue weighted by molar-refractivity contribution is 0.242. The van der Waals surface area contributed by atoms with E-state index in [2.05, 4.69) is 9.97 Å². The van der Waals surface area contributed by atoms with E-state index in [4.69, 9.17) is 10.5 Å². The summed E-state index contributed by atoms with van der Waals surface area (Å²) < 4.78 is 5.60.